The molecule has 6 heteroatoms. The third kappa shape index (κ3) is 6.26. The lowest BCUT2D eigenvalue weighted by Gasteiger charge is -2.30. The topological polar surface area (TPSA) is 55.2 Å². The molecule has 1 N–H and O–H groups in total. The third-order valence-electron chi connectivity index (χ3n) is 3.55. The highest BCUT2D eigenvalue weighted by Gasteiger charge is 2.17. The van der Waals surface area contributed by atoms with Crippen molar-refractivity contribution in [2.45, 2.75) is 6.54 Å². The van der Waals surface area contributed by atoms with Crippen LogP contribution in [0.4, 0.5) is 11.4 Å². The highest BCUT2D eigenvalue weighted by atomic mass is 35.5. The van der Waals surface area contributed by atoms with E-state index in [9.17, 15) is 10.1 Å². The van der Waals surface area contributed by atoms with Crippen LogP contribution >= 0.6 is 0 Å². The molecule has 0 heterocycles. The summed E-state index contributed by atoms with van der Waals surface area (Å²) in [6, 6.07) is 17.0. The Kier molecular flexibility index (Phi) is 7.00. The number of nitrogens with zero attached hydrogens (tertiary/aromatic N) is 2. The lowest BCUT2D eigenvalue weighted by molar-refractivity contribution is -0.902. The predicted molar refractivity (Wildman–Crippen MR) is 88.7 cm³/mol. The molecule has 0 aliphatic rings. The van der Waals surface area contributed by atoms with Crippen LogP contribution in [0, 0.1) is 10.1 Å². The summed E-state index contributed by atoms with van der Waals surface area (Å²) in [5.74, 6) is 0. The predicted octanol–water partition coefficient (Wildman–Crippen LogP) is 0.287. The van der Waals surface area contributed by atoms with Crippen molar-refractivity contribution in [2.75, 3.05) is 32.5 Å². The minimum Gasteiger partial charge on any atom is -1.00 e. The molecule has 0 unspecified atom stereocenters. The fourth-order valence-electron chi connectivity index (χ4n) is 2.40. The van der Waals surface area contributed by atoms with Crippen molar-refractivity contribution in [3.63, 3.8) is 0 Å². The Morgan fingerprint density at radius 2 is 1.78 bits per heavy atom. The maximum atomic E-state index is 10.8. The first kappa shape index (κ1) is 18.9. The number of halogens is 1. The smallest absolute Gasteiger partial charge is 0.269 e. The van der Waals surface area contributed by atoms with E-state index in [1.807, 2.05) is 36.4 Å². The molecule has 2 aromatic carbocycles. The van der Waals surface area contributed by atoms with Gasteiger partial charge in [-0.15, -0.1) is 0 Å². The number of nitro benzene ring substituents is 1. The average molecular weight is 336 g/mol. The number of nitrogens with one attached hydrogen (secondary N) is 1. The molecular formula is C17H22ClN3O2. The molecule has 0 aliphatic carbocycles. The fraction of sp³-hybridized carbons (Fsp3) is 0.294. The van der Waals surface area contributed by atoms with E-state index in [0.29, 0.717) is 0 Å². The van der Waals surface area contributed by atoms with Gasteiger partial charge in [-0.25, -0.2) is 0 Å². The van der Waals surface area contributed by atoms with E-state index >= 15 is 0 Å². The van der Waals surface area contributed by atoms with Gasteiger partial charge >= 0.3 is 0 Å². The zero-order valence-corrected chi connectivity index (χ0v) is 14.2. The number of anilines is 1. The van der Waals surface area contributed by atoms with Crippen LogP contribution in [-0.4, -0.2) is 36.6 Å². The molecule has 23 heavy (non-hydrogen) atoms. The Bertz CT molecular complexity index is 633. The van der Waals surface area contributed by atoms with Crippen molar-refractivity contribution in [3.8, 4) is 0 Å². The number of hydrogen-bond acceptors (Lipinski definition) is 3. The Balaban J connectivity index is 0.00000264. The summed E-state index contributed by atoms with van der Waals surface area (Å²) in [5, 5.41) is 14.2. The minimum absolute atomic E-state index is 0. The van der Waals surface area contributed by atoms with Crippen molar-refractivity contribution in [1.29, 1.82) is 0 Å². The average Bonchev–Trinajstić information content (AvgIpc) is 2.48. The van der Waals surface area contributed by atoms with Gasteiger partial charge in [-0.05, 0) is 12.1 Å². The molecular weight excluding hydrogens is 314 g/mol. The molecule has 2 aromatic rings. The number of quaternary nitrogens is 1. The summed E-state index contributed by atoms with van der Waals surface area (Å²) in [5.41, 5.74) is 2.25. The lowest BCUT2D eigenvalue weighted by atomic mass is 10.2. The molecule has 0 spiro atoms. The van der Waals surface area contributed by atoms with Gasteiger partial charge in [-0.3, -0.25) is 10.1 Å². The molecule has 0 aliphatic heterocycles. The Morgan fingerprint density at radius 1 is 1.09 bits per heavy atom. The van der Waals surface area contributed by atoms with Crippen LogP contribution in [0.1, 0.15) is 5.56 Å². The molecule has 0 aromatic heterocycles. The molecule has 0 bridgehead atoms. The molecule has 0 saturated carbocycles. The summed E-state index contributed by atoms with van der Waals surface area (Å²) in [6.45, 7) is 2.54. The third-order valence-corrected chi connectivity index (χ3v) is 3.55. The Morgan fingerprint density at radius 3 is 2.43 bits per heavy atom. The zero-order chi connectivity index (χ0) is 16.0. The second kappa shape index (κ2) is 8.50. The van der Waals surface area contributed by atoms with E-state index in [0.717, 1.165) is 35.4 Å². The highest BCUT2D eigenvalue weighted by Crippen LogP contribution is 2.16. The highest BCUT2D eigenvalue weighted by molar-refractivity contribution is 5.42. The Hall–Kier alpha value is -2.11. The molecule has 0 radical (unpaired) electrons. The van der Waals surface area contributed by atoms with Gasteiger partial charge in [0.2, 0.25) is 0 Å². The molecule has 0 amide bonds. The summed E-state index contributed by atoms with van der Waals surface area (Å²) in [7, 11) is 4.26. The minimum atomic E-state index is -0.347. The van der Waals surface area contributed by atoms with Crippen molar-refractivity contribution in [3.05, 3.63) is 70.3 Å². The van der Waals surface area contributed by atoms with Crippen molar-refractivity contribution in [1.82, 2.24) is 0 Å². The SMILES string of the molecule is C[N+](C)(CCNc1ccccc1)Cc1cccc([N+](=O)[O-])c1.[Cl-]. The van der Waals surface area contributed by atoms with Crippen molar-refractivity contribution in [2.24, 2.45) is 0 Å². The second-order valence-electron chi connectivity index (χ2n) is 6.04. The van der Waals surface area contributed by atoms with Crippen molar-refractivity contribution < 1.29 is 21.8 Å². The van der Waals surface area contributed by atoms with Crippen LogP contribution in [0.3, 0.4) is 0 Å². The molecule has 0 saturated heterocycles. The van der Waals surface area contributed by atoms with E-state index in [2.05, 4.69) is 19.4 Å². The van der Waals surface area contributed by atoms with Gasteiger partial charge in [-0.2, -0.15) is 0 Å². The summed E-state index contributed by atoms with van der Waals surface area (Å²) < 4.78 is 0.765. The molecule has 0 fully saturated rings. The Labute approximate surface area is 143 Å². The summed E-state index contributed by atoms with van der Waals surface area (Å²) >= 11 is 0. The van der Waals surface area contributed by atoms with Gasteiger partial charge in [-0.1, -0.05) is 30.3 Å². The summed E-state index contributed by atoms with van der Waals surface area (Å²) in [6.07, 6.45) is 0. The number of nitro groups is 1. The monoisotopic (exact) mass is 335 g/mol. The normalized spacial score (nSPS) is 10.7. The van der Waals surface area contributed by atoms with Crippen molar-refractivity contribution >= 4 is 11.4 Å². The lowest BCUT2D eigenvalue weighted by Crippen LogP contribution is -3.00. The molecule has 0 atom stereocenters. The standard InChI is InChI=1S/C17H22N3O2.ClH/c1-20(2,12-11-18-16-8-4-3-5-9-16)14-15-7-6-10-17(13-15)19(21)22;/h3-10,13,18H,11-12,14H2,1-2H3;1H/q+1;/p-1. The molecule has 5 nitrogen and oxygen atoms in total. The van der Waals surface area contributed by atoms with Crippen LogP contribution < -0.4 is 17.7 Å². The van der Waals surface area contributed by atoms with E-state index < -0.39 is 0 Å². The van der Waals surface area contributed by atoms with Gasteiger partial charge in [0.25, 0.3) is 5.69 Å². The van der Waals surface area contributed by atoms with Gasteiger partial charge in [0, 0.05) is 23.4 Å². The first-order valence-corrected chi connectivity index (χ1v) is 7.30. The first-order chi connectivity index (χ1) is 10.5. The summed E-state index contributed by atoms with van der Waals surface area (Å²) in [4.78, 5) is 10.5. The van der Waals surface area contributed by atoms with E-state index in [1.165, 1.54) is 6.07 Å². The number of likely N-dealkylation sites (N-methyl/N-ethyl adjacent to an activating group) is 1. The molecule has 124 valence electrons. The van der Waals surface area contributed by atoms with E-state index in [1.54, 1.807) is 12.1 Å². The number of benzene rings is 2. The van der Waals surface area contributed by atoms with Gasteiger partial charge in [0.15, 0.2) is 0 Å². The van der Waals surface area contributed by atoms with E-state index in [4.69, 9.17) is 0 Å². The maximum Gasteiger partial charge on any atom is 0.269 e. The van der Waals surface area contributed by atoms with Crippen LogP contribution in [0.25, 0.3) is 0 Å². The quantitative estimate of drug-likeness (QED) is 0.449. The maximum absolute atomic E-state index is 10.8. The second-order valence-corrected chi connectivity index (χ2v) is 6.04. The van der Waals surface area contributed by atoms with Crippen LogP contribution in [0.5, 0.6) is 0 Å². The van der Waals surface area contributed by atoms with Gasteiger partial charge in [0.1, 0.15) is 6.54 Å². The van der Waals surface area contributed by atoms with Crippen LogP contribution in [0.2, 0.25) is 0 Å². The molecule has 2 rings (SSSR count). The van der Waals surface area contributed by atoms with Crippen LogP contribution in [0.15, 0.2) is 54.6 Å². The fourth-order valence-corrected chi connectivity index (χ4v) is 2.40. The number of non-ortho nitro benzene ring substituents is 1. The van der Waals surface area contributed by atoms with Gasteiger partial charge < -0.3 is 22.2 Å². The zero-order valence-electron chi connectivity index (χ0n) is 13.4. The van der Waals surface area contributed by atoms with Crippen LogP contribution in [-0.2, 0) is 6.54 Å². The largest absolute Gasteiger partial charge is 1.00 e. The number of rotatable bonds is 7. The van der Waals surface area contributed by atoms with E-state index in [-0.39, 0.29) is 23.0 Å². The van der Waals surface area contributed by atoms with Gasteiger partial charge in [0.05, 0.1) is 32.1 Å². The first-order valence-electron chi connectivity index (χ1n) is 7.30. The number of hydrogen-bond donors (Lipinski definition) is 1. The number of para-hydroxylation sites is 1.